The number of nitrogens with one attached hydrogen (secondary N) is 2. The number of H-pyrrole nitrogens is 1. The van der Waals surface area contributed by atoms with E-state index < -0.39 is 10.0 Å². The predicted octanol–water partition coefficient (Wildman–Crippen LogP) is -0.968. The summed E-state index contributed by atoms with van der Waals surface area (Å²) in [7, 11) is -2.01. The summed E-state index contributed by atoms with van der Waals surface area (Å²) >= 11 is 0. The van der Waals surface area contributed by atoms with Crippen molar-refractivity contribution in [1.82, 2.24) is 29.7 Å². The summed E-state index contributed by atoms with van der Waals surface area (Å²) in [6.45, 7) is 0.289. The molecule has 0 unspecified atom stereocenters. The second-order valence-corrected chi connectivity index (χ2v) is 5.72. The smallest absolute Gasteiger partial charge is 0.245 e. The Hall–Kier alpha value is -1.94. The van der Waals surface area contributed by atoms with E-state index in [9.17, 15) is 8.42 Å². The molecule has 0 saturated carbocycles. The molecule has 2 rings (SSSR count). The maximum Gasteiger partial charge on any atom is 0.245 e. The quantitative estimate of drug-likeness (QED) is 0.585. The van der Waals surface area contributed by atoms with Crippen molar-refractivity contribution in [2.45, 2.75) is 17.7 Å². The summed E-state index contributed by atoms with van der Waals surface area (Å²) in [5.74, 6) is 0.713. The monoisotopic (exact) mass is 285 g/mol. The van der Waals surface area contributed by atoms with Crippen LogP contribution < -0.4 is 10.5 Å². The molecule has 0 bridgehead atoms. The molecule has 0 spiro atoms. The SMILES string of the molecule is Cn1cc(S(=O)(=O)NCCCc2ncn[nH]2)c(N)n1. The van der Waals surface area contributed by atoms with E-state index in [1.54, 1.807) is 7.05 Å². The second-order valence-electron chi connectivity index (χ2n) is 3.99. The average Bonchev–Trinajstić information content (AvgIpc) is 2.94. The van der Waals surface area contributed by atoms with Crippen molar-refractivity contribution in [1.29, 1.82) is 0 Å². The number of aromatic nitrogens is 5. The van der Waals surface area contributed by atoms with Gasteiger partial charge in [-0.05, 0) is 6.42 Å². The highest BCUT2D eigenvalue weighted by Gasteiger charge is 2.19. The minimum Gasteiger partial charge on any atom is -0.381 e. The standard InChI is InChI=1S/C9H15N7O2S/c1-16-5-7(9(10)15-16)19(17,18)13-4-2-3-8-11-6-12-14-8/h5-6,13H,2-4H2,1H3,(H2,10,15)(H,11,12,14). The molecule has 4 N–H and O–H groups in total. The van der Waals surface area contributed by atoms with Gasteiger partial charge in [-0.25, -0.2) is 18.1 Å². The summed E-state index contributed by atoms with van der Waals surface area (Å²) in [4.78, 5) is 3.94. The van der Waals surface area contributed by atoms with Gasteiger partial charge in [0, 0.05) is 26.2 Å². The molecule has 0 saturated heterocycles. The molecule has 0 atom stereocenters. The average molecular weight is 285 g/mol. The van der Waals surface area contributed by atoms with Crippen molar-refractivity contribution in [2.24, 2.45) is 7.05 Å². The lowest BCUT2D eigenvalue weighted by Gasteiger charge is -2.04. The predicted molar refractivity (Wildman–Crippen MR) is 67.5 cm³/mol. The third-order valence-corrected chi connectivity index (χ3v) is 3.94. The van der Waals surface area contributed by atoms with Crippen LogP contribution in [0, 0.1) is 0 Å². The first-order valence-corrected chi connectivity index (χ1v) is 7.10. The number of hydrogen-bond acceptors (Lipinski definition) is 6. The first-order valence-electron chi connectivity index (χ1n) is 5.62. The highest BCUT2D eigenvalue weighted by atomic mass is 32.2. The fourth-order valence-electron chi connectivity index (χ4n) is 1.58. The number of anilines is 1. The number of sulfonamides is 1. The van der Waals surface area contributed by atoms with Gasteiger partial charge < -0.3 is 5.73 Å². The number of hydrogen-bond donors (Lipinski definition) is 3. The molecule has 0 amide bonds. The van der Waals surface area contributed by atoms with Crippen molar-refractivity contribution in [3.63, 3.8) is 0 Å². The molecule has 10 heteroatoms. The zero-order valence-corrected chi connectivity index (χ0v) is 11.2. The lowest BCUT2D eigenvalue weighted by Crippen LogP contribution is -2.25. The fourth-order valence-corrected chi connectivity index (χ4v) is 2.76. The van der Waals surface area contributed by atoms with Gasteiger partial charge in [0.25, 0.3) is 0 Å². The molecule has 0 radical (unpaired) electrons. The van der Waals surface area contributed by atoms with E-state index in [0.717, 1.165) is 5.82 Å². The third kappa shape index (κ3) is 3.29. The molecule has 104 valence electrons. The Balaban J connectivity index is 1.89. The van der Waals surface area contributed by atoms with E-state index in [0.29, 0.717) is 12.8 Å². The van der Waals surface area contributed by atoms with Gasteiger partial charge in [0.15, 0.2) is 5.82 Å². The van der Waals surface area contributed by atoms with Crippen LogP contribution in [0.2, 0.25) is 0 Å². The Morgan fingerprint density at radius 2 is 2.32 bits per heavy atom. The number of aromatic amines is 1. The molecule has 0 aliphatic carbocycles. The van der Waals surface area contributed by atoms with Gasteiger partial charge >= 0.3 is 0 Å². The Labute approximate surface area is 110 Å². The molecule has 0 fully saturated rings. The maximum absolute atomic E-state index is 11.9. The number of rotatable bonds is 6. The van der Waals surface area contributed by atoms with E-state index in [1.807, 2.05) is 0 Å². The minimum atomic E-state index is -3.62. The van der Waals surface area contributed by atoms with Crippen molar-refractivity contribution < 1.29 is 8.42 Å². The van der Waals surface area contributed by atoms with E-state index >= 15 is 0 Å². The van der Waals surface area contributed by atoms with Crippen LogP contribution in [-0.4, -0.2) is 39.9 Å². The van der Waals surface area contributed by atoms with Gasteiger partial charge in [-0.2, -0.15) is 10.2 Å². The van der Waals surface area contributed by atoms with E-state index in [-0.39, 0.29) is 17.3 Å². The van der Waals surface area contributed by atoms with Crippen molar-refractivity contribution in [2.75, 3.05) is 12.3 Å². The van der Waals surface area contributed by atoms with Crippen LogP contribution >= 0.6 is 0 Å². The molecule has 2 aromatic rings. The van der Waals surface area contributed by atoms with Gasteiger partial charge in [-0.1, -0.05) is 0 Å². The summed E-state index contributed by atoms with van der Waals surface area (Å²) < 4.78 is 27.7. The first-order chi connectivity index (χ1) is 8.99. The molecule has 0 aliphatic heterocycles. The maximum atomic E-state index is 11.9. The van der Waals surface area contributed by atoms with Gasteiger partial charge in [-0.15, -0.1) is 0 Å². The fraction of sp³-hybridized carbons (Fsp3) is 0.444. The molecule has 0 aromatic carbocycles. The van der Waals surface area contributed by atoms with Gasteiger partial charge in [0.1, 0.15) is 17.0 Å². The van der Waals surface area contributed by atoms with Crippen molar-refractivity contribution in [3.8, 4) is 0 Å². The number of aryl methyl sites for hydroxylation is 2. The summed E-state index contributed by atoms with van der Waals surface area (Å²) in [6, 6.07) is 0. The number of nitrogens with two attached hydrogens (primary N) is 1. The number of nitrogens with zero attached hydrogens (tertiary/aromatic N) is 4. The molecule has 2 heterocycles. The summed E-state index contributed by atoms with van der Waals surface area (Å²) in [6.07, 6.45) is 4.00. The molecule has 2 aromatic heterocycles. The lowest BCUT2D eigenvalue weighted by atomic mass is 10.3. The van der Waals surface area contributed by atoms with Crippen LogP contribution in [-0.2, 0) is 23.5 Å². The minimum absolute atomic E-state index is 0.00494. The van der Waals surface area contributed by atoms with Gasteiger partial charge in [0.2, 0.25) is 10.0 Å². The Morgan fingerprint density at radius 3 is 2.89 bits per heavy atom. The topological polar surface area (TPSA) is 132 Å². The molecular weight excluding hydrogens is 270 g/mol. The zero-order valence-electron chi connectivity index (χ0n) is 10.4. The van der Waals surface area contributed by atoms with Crippen LogP contribution in [0.15, 0.2) is 17.4 Å². The first kappa shape index (κ1) is 13.5. The van der Waals surface area contributed by atoms with Crippen LogP contribution in [0.25, 0.3) is 0 Å². The number of nitrogen functional groups attached to an aromatic ring is 1. The molecule has 19 heavy (non-hydrogen) atoms. The molecule has 9 nitrogen and oxygen atoms in total. The normalized spacial score (nSPS) is 11.8. The van der Waals surface area contributed by atoms with Crippen molar-refractivity contribution in [3.05, 3.63) is 18.3 Å². The van der Waals surface area contributed by atoms with Crippen LogP contribution in [0.5, 0.6) is 0 Å². The summed E-state index contributed by atoms with van der Waals surface area (Å²) in [5, 5.41) is 10.2. The van der Waals surface area contributed by atoms with Gasteiger partial charge in [-0.3, -0.25) is 9.78 Å². The van der Waals surface area contributed by atoms with Crippen molar-refractivity contribution >= 4 is 15.8 Å². The van der Waals surface area contributed by atoms with Gasteiger partial charge in [0.05, 0.1) is 0 Å². The Bertz CT molecular complexity index is 632. The highest BCUT2D eigenvalue weighted by Crippen LogP contribution is 2.14. The Kier molecular flexibility index (Phi) is 3.81. The largest absolute Gasteiger partial charge is 0.381 e. The highest BCUT2D eigenvalue weighted by molar-refractivity contribution is 7.89. The zero-order chi connectivity index (χ0) is 13.9. The van der Waals surface area contributed by atoms with E-state index in [4.69, 9.17) is 5.73 Å². The second kappa shape index (κ2) is 5.36. The molecular formula is C9H15N7O2S. The Morgan fingerprint density at radius 1 is 1.53 bits per heavy atom. The third-order valence-electron chi connectivity index (χ3n) is 2.46. The van der Waals surface area contributed by atoms with Crippen LogP contribution in [0.1, 0.15) is 12.2 Å². The lowest BCUT2D eigenvalue weighted by molar-refractivity contribution is 0.578. The van der Waals surface area contributed by atoms with E-state index in [1.165, 1.54) is 17.2 Å². The summed E-state index contributed by atoms with van der Waals surface area (Å²) in [5.41, 5.74) is 5.53. The van der Waals surface area contributed by atoms with Crippen LogP contribution in [0.4, 0.5) is 5.82 Å². The van der Waals surface area contributed by atoms with E-state index in [2.05, 4.69) is 25.0 Å². The van der Waals surface area contributed by atoms with Crippen LogP contribution in [0.3, 0.4) is 0 Å². The molecule has 0 aliphatic rings.